The van der Waals surface area contributed by atoms with Crippen molar-refractivity contribution in [2.45, 2.75) is 105 Å². The summed E-state index contributed by atoms with van der Waals surface area (Å²) in [5.74, 6) is 0. The van der Waals surface area contributed by atoms with Crippen LogP contribution in [0.15, 0.2) is 0 Å². The number of nitrogens with zero attached hydrogens (tertiary/aromatic N) is 3. The van der Waals surface area contributed by atoms with Gasteiger partial charge in [0.25, 0.3) is 0 Å². The summed E-state index contributed by atoms with van der Waals surface area (Å²) in [4.78, 5) is 7.53. The highest BCUT2D eigenvalue weighted by Gasteiger charge is 2.42. The van der Waals surface area contributed by atoms with Gasteiger partial charge in [0, 0.05) is 13.2 Å². The van der Waals surface area contributed by atoms with Crippen LogP contribution in [0.3, 0.4) is 0 Å². The van der Waals surface area contributed by atoms with Gasteiger partial charge in [0.05, 0.1) is 0 Å². The fraction of sp³-hybridized carbons (Fsp3) is 1.00. The van der Waals surface area contributed by atoms with Crippen molar-refractivity contribution in [3.8, 4) is 0 Å². The van der Waals surface area contributed by atoms with Crippen LogP contribution in [0.2, 0.25) is 12.6 Å². The Hall–Kier alpha value is 0.0169. The van der Waals surface area contributed by atoms with Gasteiger partial charge < -0.3 is 23.6 Å². The molecule has 0 atom stereocenters. The lowest BCUT2D eigenvalue weighted by molar-refractivity contribution is 0.140. The minimum Gasteiger partial charge on any atom is -0.395 e. The van der Waals surface area contributed by atoms with Crippen molar-refractivity contribution >= 4 is 8.56 Å². The molecule has 0 aromatic heterocycles. The van der Waals surface area contributed by atoms with Gasteiger partial charge in [-0.2, -0.15) is 0 Å². The smallest absolute Gasteiger partial charge is 0.335 e. The van der Waals surface area contributed by atoms with Crippen LogP contribution in [0.4, 0.5) is 0 Å². The molecule has 0 aromatic carbocycles. The molecule has 6 heteroatoms. The van der Waals surface area contributed by atoms with Crippen molar-refractivity contribution in [1.29, 1.82) is 0 Å². The van der Waals surface area contributed by atoms with Crippen molar-refractivity contribution in [2.75, 3.05) is 73.6 Å². The van der Waals surface area contributed by atoms with E-state index in [1.807, 2.05) is 0 Å². The Bertz CT molecular complexity index is 415. The Kier molecular flexibility index (Phi) is 20.1. The average molecular weight is 502 g/mol. The summed E-state index contributed by atoms with van der Waals surface area (Å²) in [5, 5.41) is 0. The molecular weight excluding hydrogens is 438 g/mol. The summed E-state index contributed by atoms with van der Waals surface area (Å²) in [6.07, 6.45) is 11.4. The molecule has 0 radical (unpaired) electrons. The zero-order chi connectivity index (χ0) is 25.9. The molecule has 34 heavy (non-hydrogen) atoms. The van der Waals surface area contributed by atoms with Crippen LogP contribution < -0.4 is 0 Å². The largest absolute Gasteiger partial charge is 0.395 e. The summed E-state index contributed by atoms with van der Waals surface area (Å²) in [6.45, 7) is 22.1. The summed E-state index contributed by atoms with van der Waals surface area (Å²) in [5.41, 5.74) is 0.318. The normalized spacial score (nSPS) is 13.1. The Labute approximate surface area is 216 Å². The first-order valence-corrected chi connectivity index (χ1v) is 17.1. The molecule has 0 aromatic rings. The molecule has 0 aliphatic heterocycles. The lowest BCUT2D eigenvalue weighted by Crippen LogP contribution is -2.45. The first kappa shape index (κ1) is 34.0. The van der Waals surface area contributed by atoms with E-state index in [1.165, 1.54) is 97.1 Å². The monoisotopic (exact) mass is 501 g/mol. The standard InChI is InChI=1S/C28H63N3O2Si/c1-10-21-29(6)24-15-18-28(19-16-25-30(7)22-11-2,20-17-26-31(8)23-12-3)27-34(9,32-13-4)33-14-5/h10-27H2,1-9H3. The van der Waals surface area contributed by atoms with Crippen LogP contribution in [0.25, 0.3) is 0 Å². The Balaban J connectivity index is 5.62. The molecule has 0 spiro atoms. The van der Waals surface area contributed by atoms with E-state index >= 15 is 0 Å². The molecule has 0 amide bonds. The highest BCUT2D eigenvalue weighted by molar-refractivity contribution is 6.66. The van der Waals surface area contributed by atoms with Crippen molar-refractivity contribution < 1.29 is 8.85 Å². The van der Waals surface area contributed by atoms with Gasteiger partial charge in [0.1, 0.15) is 0 Å². The van der Waals surface area contributed by atoms with Gasteiger partial charge in [-0.3, -0.25) is 0 Å². The number of hydrogen-bond donors (Lipinski definition) is 0. The molecule has 206 valence electrons. The van der Waals surface area contributed by atoms with E-state index in [1.54, 1.807) is 0 Å². The van der Waals surface area contributed by atoms with Crippen LogP contribution in [-0.2, 0) is 8.85 Å². The van der Waals surface area contributed by atoms with Crippen molar-refractivity contribution in [2.24, 2.45) is 5.41 Å². The van der Waals surface area contributed by atoms with Gasteiger partial charge in [0.15, 0.2) is 0 Å². The van der Waals surface area contributed by atoms with E-state index in [2.05, 4.69) is 77.0 Å². The van der Waals surface area contributed by atoms with E-state index in [0.717, 1.165) is 19.3 Å². The molecule has 0 heterocycles. The third-order valence-electron chi connectivity index (χ3n) is 7.15. The number of hydrogen-bond acceptors (Lipinski definition) is 5. The van der Waals surface area contributed by atoms with Crippen LogP contribution in [-0.4, -0.2) is 96.9 Å². The molecule has 0 saturated heterocycles. The third-order valence-corrected chi connectivity index (χ3v) is 10.3. The lowest BCUT2D eigenvalue weighted by Gasteiger charge is -2.41. The predicted molar refractivity (Wildman–Crippen MR) is 153 cm³/mol. The van der Waals surface area contributed by atoms with E-state index < -0.39 is 8.56 Å². The maximum absolute atomic E-state index is 6.41. The molecule has 0 fully saturated rings. The fourth-order valence-corrected chi connectivity index (χ4v) is 9.13. The van der Waals surface area contributed by atoms with Crippen LogP contribution in [0, 0.1) is 5.41 Å². The van der Waals surface area contributed by atoms with Gasteiger partial charge >= 0.3 is 8.56 Å². The number of rotatable bonds is 24. The van der Waals surface area contributed by atoms with E-state index in [4.69, 9.17) is 8.85 Å². The summed E-state index contributed by atoms with van der Waals surface area (Å²) >= 11 is 0. The molecule has 0 bridgehead atoms. The first-order valence-electron chi connectivity index (χ1n) is 14.5. The van der Waals surface area contributed by atoms with Crippen molar-refractivity contribution in [3.05, 3.63) is 0 Å². The molecule has 0 rings (SSSR count). The van der Waals surface area contributed by atoms with Gasteiger partial charge in [-0.05, 0) is 150 Å². The maximum atomic E-state index is 6.41. The average Bonchev–Trinajstić information content (AvgIpc) is 2.74. The highest BCUT2D eigenvalue weighted by atomic mass is 28.4. The molecular formula is C28H63N3O2Si. The summed E-state index contributed by atoms with van der Waals surface area (Å²) in [6, 6.07) is 1.13. The molecule has 0 aliphatic rings. The van der Waals surface area contributed by atoms with Gasteiger partial charge in [-0.25, -0.2) is 0 Å². The topological polar surface area (TPSA) is 28.2 Å². The quantitative estimate of drug-likeness (QED) is 0.141. The zero-order valence-corrected chi connectivity index (χ0v) is 25.9. The molecule has 0 saturated carbocycles. The van der Waals surface area contributed by atoms with Crippen molar-refractivity contribution in [1.82, 2.24) is 14.7 Å². The van der Waals surface area contributed by atoms with Crippen molar-refractivity contribution in [3.63, 3.8) is 0 Å². The lowest BCUT2D eigenvalue weighted by atomic mass is 9.76. The minimum atomic E-state index is -2.20. The fourth-order valence-electron chi connectivity index (χ4n) is 5.73. The molecule has 5 nitrogen and oxygen atoms in total. The molecule has 0 N–H and O–H groups in total. The van der Waals surface area contributed by atoms with E-state index in [-0.39, 0.29) is 0 Å². The molecule has 0 aliphatic carbocycles. The Morgan fingerprint density at radius 3 is 1.15 bits per heavy atom. The van der Waals surface area contributed by atoms with Crippen LogP contribution >= 0.6 is 0 Å². The highest BCUT2D eigenvalue weighted by Crippen LogP contribution is 2.43. The summed E-state index contributed by atoms with van der Waals surface area (Å²) in [7, 11) is 4.64. The Morgan fingerprint density at radius 2 is 0.882 bits per heavy atom. The van der Waals surface area contributed by atoms with Gasteiger partial charge in [-0.15, -0.1) is 0 Å². The SMILES string of the molecule is CCCN(C)CCCC(CCCN(C)CCC)(CCCN(C)CCC)C[Si](C)(OCC)OCC. The Morgan fingerprint density at radius 1 is 0.559 bits per heavy atom. The maximum Gasteiger partial charge on any atom is 0.335 e. The second kappa shape index (κ2) is 20.1. The second-order valence-corrected chi connectivity index (χ2v) is 14.1. The van der Waals surface area contributed by atoms with Gasteiger partial charge in [0.2, 0.25) is 0 Å². The first-order chi connectivity index (χ1) is 16.2. The van der Waals surface area contributed by atoms with E-state index in [0.29, 0.717) is 5.41 Å². The third kappa shape index (κ3) is 15.9. The molecule has 0 unspecified atom stereocenters. The van der Waals surface area contributed by atoms with Crippen LogP contribution in [0.5, 0.6) is 0 Å². The van der Waals surface area contributed by atoms with E-state index in [9.17, 15) is 0 Å². The minimum absolute atomic E-state index is 0.318. The van der Waals surface area contributed by atoms with Crippen LogP contribution in [0.1, 0.15) is 92.4 Å². The second-order valence-electron chi connectivity index (χ2n) is 10.9. The zero-order valence-electron chi connectivity index (χ0n) is 24.9. The predicted octanol–water partition coefficient (Wildman–Crippen LogP) is 6.48. The van der Waals surface area contributed by atoms with Gasteiger partial charge in [-0.1, -0.05) is 20.8 Å². The summed E-state index contributed by atoms with van der Waals surface area (Å²) < 4.78 is 12.8.